The molecule has 1 rings (SSSR count). The molecule has 84 valence electrons. The highest BCUT2D eigenvalue weighted by atomic mass is 16.2. The van der Waals surface area contributed by atoms with Gasteiger partial charge in [0, 0.05) is 12.6 Å². The van der Waals surface area contributed by atoms with E-state index in [0.29, 0.717) is 6.61 Å². The molecule has 0 aromatic carbocycles. The molecule has 0 saturated heterocycles. The first-order chi connectivity index (χ1) is 6.74. The van der Waals surface area contributed by atoms with Gasteiger partial charge in [0.15, 0.2) is 0 Å². The van der Waals surface area contributed by atoms with Gasteiger partial charge in [0.1, 0.15) is 0 Å². The van der Waals surface area contributed by atoms with Gasteiger partial charge in [-0.15, -0.1) is 0 Å². The summed E-state index contributed by atoms with van der Waals surface area (Å²) < 4.78 is 0. The second-order valence-electron chi connectivity index (χ2n) is 4.89. The Morgan fingerprint density at radius 2 is 2.00 bits per heavy atom. The lowest BCUT2D eigenvalue weighted by molar-refractivity contribution is 0.224. The van der Waals surface area contributed by atoms with Crippen molar-refractivity contribution < 1.29 is 5.11 Å². The van der Waals surface area contributed by atoms with Crippen LogP contribution in [-0.2, 0) is 0 Å². The van der Waals surface area contributed by atoms with Gasteiger partial charge in [-0.1, -0.05) is 13.8 Å². The molecular formula is C12H25NO. The first-order valence-electron chi connectivity index (χ1n) is 6.08. The summed E-state index contributed by atoms with van der Waals surface area (Å²) in [6, 6.07) is 0.727. The molecule has 3 atom stereocenters. The van der Waals surface area contributed by atoms with E-state index in [1.165, 1.54) is 19.3 Å². The molecule has 0 aromatic heterocycles. The van der Waals surface area contributed by atoms with Crippen LogP contribution in [0.2, 0.25) is 0 Å². The van der Waals surface area contributed by atoms with Crippen LogP contribution in [0, 0.1) is 11.8 Å². The lowest BCUT2D eigenvalue weighted by atomic mass is 9.80. The number of hydrogen-bond acceptors (Lipinski definition) is 2. The van der Waals surface area contributed by atoms with E-state index >= 15 is 0 Å². The fraction of sp³-hybridized carbons (Fsp3) is 1.00. The van der Waals surface area contributed by atoms with Crippen molar-refractivity contribution in [1.29, 1.82) is 0 Å². The average Bonchev–Trinajstić information content (AvgIpc) is 2.15. The van der Waals surface area contributed by atoms with Gasteiger partial charge in [-0.3, -0.25) is 0 Å². The van der Waals surface area contributed by atoms with Crippen LogP contribution in [0.4, 0.5) is 0 Å². The van der Waals surface area contributed by atoms with Crippen molar-refractivity contribution >= 4 is 0 Å². The zero-order valence-corrected chi connectivity index (χ0v) is 9.63. The third kappa shape index (κ3) is 3.97. The molecule has 0 radical (unpaired) electrons. The van der Waals surface area contributed by atoms with Crippen LogP contribution < -0.4 is 5.32 Å². The third-order valence-electron chi connectivity index (χ3n) is 3.42. The van der Waals surface area contributed by atoms with Crippen molar-refractivity contribution in [2.45, 2.75) is 52.0 Å². The van der Waals surface area contributed by atoms with E-state index in [2.05, 4.69) is 19.2 Å². The highest BCUT2D eigenvalue weighted by Gasteiger charge is 2.24. The molecule has 0 aromatic rings. The molecule has 0 heterocycles. The molecule has 2 heteroatoms. The maximum absolute atomic E-state index is 8.66. The molecule has 14 heavy (non-hydrogen) atoms. The molecule has 3 unspecified atom stereocenters. The van der Waals surface area contributed by atoms with E-state index in [4.69, 9.17) is 5.11 Å². The molecule has 0 aliphatic heterocycles. The minimum Gasteiger partial charge on any atom is -0.396 e. The van der Waals surface area contributed by atoms with Crippen molar-refractivity contribution in [2.75, 3.05) is 13.2 Å². The number of hydrogen-bond donors (Lipinski definition) is 2. The summed E-state index contributed by atoms with van der Waals surface area (Å²) in [5.41, 5.74) is 0. The Balaban J connectivity index is 2.11. The summed E-state index contributed by atoms with van der Waals surface area (Å²) >= 11 is 0. The lowest BCUT2D eigenvalue weighted by Crippen LogP contribution is -2.39. The van der Waals surface area contributed by atoms with Gasteiger partial charge in [-0.2, -0.15) is 0 Å². The van der Waals surface area contributed by atoms with Gasteiger partial charge >= 0.3 is 0 Å². The van der Waals surface area contributed by atoms with Crippen LogP contribution in [0.15, 0.2) is 0 Å². The first-order valence-corrected chi connectivity index (χ1v) is 6.08. The fourth-order valence-corrected chi connectivity index (χ4v) is 2.49. The third-order valence-corrected chi connectivity index (χ3v) is 3.42. The summed E-state index contributed by atoms with van der Waals surface area (Å²) in [6.07, 6.45) is 6.13. The Morgan fingerprint density at radius 3 is 2.64 bits per heavy atom. The Hall–Kier alpha value is -0.0800. The van der Waals surface area contributed by atoms with Crippen LogP contribution in [0.25, 0.3) is 0 Å². The fourth-order valence-electron chi connectivity index (χ4n) is 2.49. The lowest BCUT2D eigenvalue weighted by Gasteiger charge is -2.33. The molecule has 1 aliphatic carbocycles. The predicted molar refractivity (Wildman–Crippen MR) is 60.3 cm³/mol. The van der Waals surface area contributed by atoms with Gasteiger partial charge in [-0.25, -0.2) is 0 Å². The highest BCUT2D eigenvalue weighted by Crippen LogP contribution is 2.28. The molecule has 2 N–H and O–H groups in total. The molecular weight excluding hydrogens is 174 g/mol. The molecule has 0 bridgehead atoms. The van der Waals surface area contributed by atoms with E-state index in [0.717, 1.165) is 37.3 Å². The Kier molecular flexibility index (Phi) is 5.49. The van der Waals surface area contributed by atoms with E-state index < -0.39 is 0 Å². The van der Waals surface area contributed by atoms with Crippen LogP contribution in [0.3, 0.4) is 0 Å². The summed E-state index contributed by atoms with van der Waals surface area (Å²) in [5.74, 6) is 1.74. The molecule has 2 nitrogen and oxygen atoms in total. The van der Waals surface area contributed by atoms with Crippen LogP contribution >= 0.6 is 0 Å². The number of nitrogens with one attached hydrogen (secondary N) is 1. The van der Waals surface area contributed by atoms with Crippen molar-refractivity contribution in [3.63, 3.8) is 0 Å². The Bertz CT molecular complexity index is 149. The van der Waals surface area contributed by atoms with Crippen LogP contribution in [0.1, 0.15) is 46.0 Å². The van der Waals surface area contributed by atoms with E-state index in [-0.39, 0.29) is 0 Å². The molecule has 1 aliphatic rings. The van der Waals surface area contributed by atoms with Crippen LogP contribution in [-0.4, -0.2) is 24.3 Å². The summed E-state index contributed by atoms with van der Waals surface area (Å²) in [5, 5.41) is 12.3. The normalized spacial score (nSPS) is 33.2. The van der Waals surface area contributed by atoms with Gasteiger partial charge < -0.3 is 10.4 Å². The van der Waals surface area contributed by atoms with Gasteiger partial charge in [0.2, 0.25) is 0 Å². The molecule has 1 saturated carbocycles. The monoisotopic (exact) mass is 199 g/mol. The first kappa shape index (κ1) is 12.0. The summed E-state index contributed by atoms with van der Waals surface area (Å²) in [6.45, 7) is 6.13. The standard InChI is InChI=1S/C12H25NO/c1-10-5-6-12(11(2)9-10)13-7-3-4-8-14/h10-14H,3-9H2,1-2H3. The SMILES string of the molecule is CC1CCC(NCCCCO)C(C)C1. The van der Waals surface area contributed by atoms with Crippen molar-refractivity contribution in [2.24, 2.45) is 11.8 Å². The van der Waals surface area contributed by atoms with E-state index in [1.54, 1.807) is 0 Å². The molecule has 1 fully saturated rings. The largest absolute Gasteiger partial charge is 0.396 e. The number of aliphatic hydroxyl groups is 1. The second-order valence-corrected chi connectivity index (χ2v) is 4.89. The van der Waals surface area contributed by atoms with Gasteiger partial charge in [0.25, 0.3) is 0 Å². The number of aliphatic hydroxyl groups excluding tert-OH is 1. The minimum atomic E-state index is 0.332. The molecule has 0 spiro atoms. The second kappa shape index (κ2) is 6.41. The topological polar surface area (TPSA) is 32.3 Å². The quantitative estimate of drug-likeness (QED) is 0.665. The number of rotatable bonds is 5. The van der Waals surface area contributed by atoms with Gasteiger partial charge in [0.05, 0.1) is 0 Å². The maximum atomic E-state index is 8.66. The highest BCUT2D eigenvalue weighted by molar-refractivity contribution is 4.80. The predicted octanol–water partition coefficient (Wildman–Crippen LogP) is 2.17. The van der Waals surface area contributed by atoms with Crippen molar-refractivity contribution in [1.82, 2.24) is 5.32 Å². The Labute approximate surface area is 88.1 Å². The average molecular weight is 199 g/mol. The summed E-state index contributed by atoms with van der Waals surface area (Å²) in [4.78, 5) is 0. The Morgan fingerprint density at radius 1 is 1.21 bits per heavy atom. The molecule has 0 amide bonds. The smallest absolute Gasteiger partial charge is 0.0431 e. The van der Waals surface area contributed by atoms with E-state index in [9.17, 15) is 0 Å². The minimum absolute atomic E-state index is 0.332. The van der Waals surface area contributed by atoms with Crippen molar-refractivity contribution in [3.05, 3.63) is 0 Å². The van der Waals surface area contributed by atoms with E-state index in [1.807, 2.05) is 0 Å². The zero-order valence-electron chi connectivity index (χ0n) is 9.63. The van der Waals surface area contributed by atoms with Crippen LogP contribution in [0.5, 0.6) is 0 Å². The number of unbranched alkanes of at least 4 members (excludes halogenated alkanes) is 1. The maximum Gasteiger partial charge on any atom is 0.0431 e. The van der Waals surface area contributed by atoms with Gasteiger partial charge in [-0.05, 0) is 50.5 Å². The zero-order chi connectivity index (χ0) is 10.4. The summed E-state index contributed by atoms with van der Waals surface area (Å²) in [7, 11) is 0. The van der Waals surface area contributed by atoms with Crippen molar-refractivity contribution in [3.8, 4) is 0 Å².